The lowest BCUT2D eigenvalue weighted by atomic mass is 10.1. The summed E-state index contributed by atoms with van der Waals surface area (Å²) in [6.45, 7) is 4.83. The smallest absolute Gasteiger partial charge is 0.124 e. The largest absolute Gasteiger partial charge is 0.489 e. The molecule has 0 amide bonds. The molecule has 0 aliphatic carbocycles. The zero-order chi connectivity index (χ0) is 16.2. The maximum atomic E-state index is 5.99. The lowest BCUT2D eigenvalue weighted by molar-refractivity contribution is 0.302. The normalized spacial score (nSPS) is 10.7. The Hall–Kier alpha value is -1.80. The summed E-state index contributed by atoms with van der Waals surface area (Å²) in [6, 6.07) is 18.6. The third-order valence-corrected chi connectivity index (χ3v) is 3.98. The molecule has 0 bridgehead atoms. The monoisotopic (exact) mass is 311 g/mol. The molecule has 0 unspecified atom stereocenters. The number of nitrogens with one attached hydrogen (secondary N) is 1. The fourth-order valence-corrected chi connectivity index (χ4v) is 2.60. The Bertz CT molecular complexity index is 539. The average Bonchev–Trinajstić information content (AvgIpc) is 2.61. The molecule has 0 aliphatic rings. The van der Waals surface area contributed by atoms with Crippen LogP contribution in [0, 0.1) is 0 Å². The number of rotatable bonds is 11. The molecule has 0 spiro atoms. The van der Waals surface area contributed by atoms with Gasteiger partial charge in [0, 0.05) is 12.1 Å². The van der Waals surface area contributed by atoms with E-state index in [1.165, 1.54) is 43.2 Å². The van der Waals surface area contributed by atoms with Gasteiger partial charge in [-0.2, -0.15) is 0 Å². The molecule has 2 nitrogen and oxygen atoms in total. The van der Waals surface area contributed by atoms with Gasteiger partial charge in [0.1, 0.15) is 12.4 Å². The molecule has 0 aromatic heterocycles. The van der Waals surface area contributed by atoms with Crippen LogP contribution >= 0.6 is 0 Å². The van der Waals surface area contributed by atoms with Crippen LogP contribution in [0.4, 0.5) is 0 Å². The highest BCUT2D eigenvalue weighted by Gasteiger charge is 2.03. The number of ether oxygens (including phenoxy) is 1. The molecule has 0 saturated carbocycles. The summed E-state index contributed by atoms with van der Waals surface area (Å²) in [5.74, 6) is 0.981. The molecule has 0 radical (unpaired) electrons. The van der Waals surface area contributed by atoms with E-state index in [9.17, 15) is 0 Å². The van der Waals surface area contributed by atoms with Crippen molar-refractivity contribution in [2.45, 2.75) is 52.2 Å². The van der Waals surface area contributed by atoms with Crippen molar-refractivity contribution < 1.29 is 4.74 Å². The van der Waals surface area contributed by atoms with Gasteiger partial charge in [-0.3, -0.25) is 0 Å². The summed E-state index contributed by atoms with van der Waals surface area (Å²) < 4.78 is 5.99. The van der Waals surface area contributed by atoms with Crippen molar-refractivity contribution in [1.29, 1.82) is 0 Å². The maximum absolute atomic E-state index is 5.99. The van der Waals surface area contributed by atoms with E-state index in [0.717, 1.165) is 18.8 Å². The molecule has 124 valence electrons. The molecule has 23 heavy (non-hydrogen) atoms. The third-order valence-electron chi connectivity index (χ3n) is 3.98. The fourth-order valence-electron chi connectivity index (χ4n) is 2.60. The number of para-hydroxylation sites is 1. The molecule has 2 aromatic rings. The van der Waals surface area contributed by atoms with Crippen molar-refractivity contribution in [3.63, 3.8) is 0 Å². The van der Waals surface area contributed by atoms with Crippen LogP contribution in [-0.2, 0) is 13.2 Å². The Morgan fingerprint density at radius 2 is 1.57 bits per heavy atom. The summed E-state index contributed by atoms with van der Waals surface area (Å²) in [6.07, 6.45) is 6.60. The Balaban J connectivity index is 1.74. The summed E-state index contributed by atoms with van der Waals surface area (Å²) in [7, 11) is 0. The van der Waals surface area contributed by atoms with Crippen LogP contribution in [0.2, 0.25) is 0 Å². The van der Waals surface area contributed by atoms with Crippen LogP contribution in [0.1, 0.15) is 50.2 Å². The third kappa shape index (κ3) is 6.87. The Labute approximate surface area is 140 Å². The van der Waals surface area contributed by atoms with E-state index in [-0.39, 0.29) is 0 Å². The minimum Gasteiger partial charge on any atom is -0.489 e. The van der Waals surface area contributed by atoms with Gasteiger partial charge < -0.3 is 10.1 Å². The molecule has 0 atom stereocenters. The number of hydrogen-bond donors (Lipinski definition) is 1. The Morgan fingerprint density at radius 1 is 0.826 bits per heavy atom. The molecule has 0 heterocycles. The van der Waals surface area contributed by atoms with Gasteiger partial charge >= 0.3 is 0 Å². The second kappa shape index (κ2) is 10.8. The van der Waals surface area contributed by atoms with Gasteiger partial charge in [-0.25, -0.2) is 0 Å². The van der Waals surface area contributed by atoms with Crippen molar-refractivity contribution in [1.82, 2.24) is 5.32 Å². The predicted octanol–water partition coefficient (Wildman–Crippen LogP) is 5.33. The van der Waals surface area contributed by atoms with E-state index in [1.54, 1.807) is 0 Å². The summed E-state index contributed by atoms with van der Waals surface area (Å²) >= 11 is 0. The van der Waals surface area contributed by atoms with Gasteiger partial charge in [-0.1, -0.05) is 81.1 Å². The van der Waals surface area contributed by atoms with E-state index in [4.69, 9.17) is 4.74 Å². The van der Waals surface area contributed by atoms with Gasteiger partial charge in [0.15, 0.2) is 0 Å². The molecule has 0 saturated heterocycles. The van der Waals surface area contributed by atoms with E-state index < -0.39 is 0 Å². The van der Waals surface area contributed by atoms with Crippen LogP contribution < -0.4 is 10.1 Å². The topological polar surface area (TPSA) is 21.3 Å². The van der Waals surface area contributed by atoms with E-state index in [1.807, 2.05) is 24.3 Å². The molecule has 2 aromatic carbocycles. The second-order valence-corrected chi connectivity index (χ2v) is 5.97. The Kier molecular flexibility index (Phi) is 8.28. The quantitative estimate of drug-likeness (QED) is 0.567. The first-order valence-electron chi connectivity index (χ1n) is 8.85. The molecule has 0 fully saturated rings. The van der Waals surface area contributed by atoms with Crippen molar-refractivity contribution in [3.05, 3.63) is 65.7 Å². The second-order valence-electron chi connectivity index (χ2n) is 5.97. The van der Waals surface area contributed by atoms with Gasteiger partial charge in [-0.15, -0.1) is 0 Å². The predicted molar refractivity (Wildman–Crippen MR) is 97.7 cm³/mol. The minimum atomic E-state index is 0.620. The van der Waals surface area contributed by atoms with Gasteiger partial charge in [-0.05, 0) is 24.6 Å². The van der Waals surface area contributed by atoms with Crippen LogP contribution in [0.15, 0.2) is 54.6 Å². The first-order valence-corrected chi connectivity index (χ1v) is 8.85. The summed E-state index contributed by atoms with van der Waals surface area (Å²) in [5, 5.41) is 3.54. The van der Waals surface area contributed by atoms with Crippen LogP contribution in [0.25, 0.3) is 0 Å². The molecule has 2 rings (SSSR count). The van der Waals surface area contributed by atoms with Crippen molar-refractivity contribution in [3.8, 4) is 5.75 Å². The highest BCUT2D eigenvalue weighted by Crippen LogP contribution is 2.19. The molecular formula is C21H29NO. The average molecular weight is 311 g/mol. The first kappa shape index (κ1) is 17.6. The maximum Gasteiger partial charge on any atom is 0.124 e. The van der Waals surface area contributed by atoms with Crippen molar-refractivity contribution >= 4 is 0 Å². The van der Waals surface area contributed by atoms with E-state index >= 15 is 0 Å². The summed E-state index contributed by atoms with van der Waals surface area (Å²) in [5.41, 5.74) is 2.43. The zero-order valence-corrected chi connectivity index (χ0v) is 14.3. The summed E-state index contributed by atoms with van der Waals surface area (Å²) in [4.78, 5) is 0. The molecule has 0 aliphatic heterocycles. The van der Waals surface area contributed by atoms with Gasteiger partial charge in [0.25, 0.3) is 0 Å². The van der Waals surface area contributed by atoms with Crippen molar-refractivity contribution in [2.24, 2.45) is 0 Å². The standard InChI is InChI=1S/C21H29NO/c1-2-3-4-5-11-16-22-17-20-14-9-10-15-21(20)23-18-19-12-7-6-8-13-19/h6-10,12-15,22H,2-5,11,16-18H2,1H3. The molecule has 1 N–H and O–H groups in total. The lowest BCUT2D eigenvalue weighted by Gasteiger charge is -2.12. The van der Waals surface area contributed by atoms with Crippen LogP contribution in [-0.4, -0.2) is 6.54 Å². The van der Waals surface area contributed by atoms with E-state index in [0.29, 0.717) is 6.61 Å². The number of benzene rings is 2. The number of unbranched alkanes of at least 4 members (excludes halogenated alkanes) is 4. The highest BCUT2D eigenvalue weighted by atomic mass is 16.5. The zero-order valence-electron chi connectivity index (χ0n) is 14.3. The minimum absolute atomic E-state index is 0.620. The lowest BCUT2D eigenvalue weighted by Crippen LogP contribution is -2.15. The SMILES string of the molecule is CCCCCCCNCc1ccccc1OCc1ccccc1. The van der Waals surface area contributed by atoms with E-state index in [2.05, 4.69) is 42.6 Å². The van der Waals surface area contributed by atoms with Crippen LogP contribution in [0.3, 0.4) is 0 Å². The number of hydrogen-bond acceptors (Lipinski definition) is 2. The fraction of sp³-hybridized carbons (Fsp3) is 0.429. The highest BCUT2D eigenvalue weighted by molar-refractivity contribution is 5.33. The van der Waals surface area contributed by atoms with Gasteiger partial charge in [0.05, 0.1) is 0 Å². The van der Waals surface area contributed by atoms with Crippen LogP contribution in [0.5, 0.6) is 5.75 Å². The first-order chi connectivity index (χ1) is 11.4. The molecule has 2 heteroatoms. The molecular weight excluding hydrogens is 282 g/mol. The van der Waals surface area contributed by atoms with Crippen molar-refractivity contribution in [2.75, 3.05) is 6.54 Å². The Morgan fingerprint density at radius 3 is 2.39 bits per heavy atom. The van der Waals surface area contributed by atoms with Gasteiger partial charge in [0.2, 0.25) is 0 Å².